The maximum absolute atomic E-state index is 5.73. The van der Waals surface area contributed by atoms with Crippen molar-refractivity contribution >= 4 is 11.8 Å². The van der Waals surface area contributed by atoms with Crippen molar-refractivity contribution in [2.24, 2.45) is 0 Å². The van der Waals surface area contributed by atoms with Gasteiger partial charge in [0.1, 0.15) is 5.82 Å². The van der Waals surface area contributed by atoms with Gasteiger partial charge in [-0.05, 0) is 43.4 Å². The van der Waals surface area contributed by atoms with Crippen molar-refractivity contribution in [3.63, 3.8) is 0 Å². The standard InChI is InChI=1S/C19H22N8O/c20-16-6-5-14(11-21-16)17-23-18(26-7-9-28-10-8-26)25-19(24-17)27-15-4-2-1-3-13(15)12-22-27/h5-6,11-12H,1-4,7-10H2,(H2,20,21). The molecular weight excluding hydrogens is 356 g/mol. The second-order valence-corrected chi connectivity index (χ2v) is 7.07. The van der Waals surface area contributed by atoms with Gasteiger partial charge in [0.05, 0.1) is 25.1 Å². The van der Waals surface area contributed by atoms with E-state index in [9.17, 15) is 0 Å². The molecule has 0 saturated carbocycles. The Morgan fingerprint density at radius 1 is 0.929 bits per heavy atom. The van der Waals surface area contributed by atoms with E-state index >= 15 is 0 Å². The number of aromatic nitrogens is 6. The largest absolute Gasteiger partial charge is 0.384 e. The van der Waals surface area contributed by atoms with Crippen molar-refractivity contribution in [2.75, 3.05) is 36.9 Å². The van der Waals surface area contributed by atoms with E-state index in [0.717, 1.165) is 37.9 Å². The number of nitrogens with two attached hydrogens (primary N) is 1. The number of nitrogens with zero attached hydrogens (tertiary/aromatic N) is 7. The van der Waals surface area contributed by atoms with E-state index in [1.54, 1.807) is 12.3 Å². The minimum atomic E-state index is 0.465. The first kappa shape index (κ1) is 17.1. The van der Waals surface area contributed by atoms with E-state index in [1.807, 2.05) is 16.9 Å². The van der Waals surface area contributed by atoms with E-state index in [2.05, 4.69) is 15.0 Å². The summed E-state index contributed by atoms with van der Waals surface area (Å²) in [5, 5.41) is 4.59. The zero-order chi connectivity index (χ0) is 18.9. The predicted molar refractivity (Wildman–Crippen MR) is 104 cm³/mol. The lowest BCUT2D eigenvalue weighted by molar-refractivity contribution is 0.122. The van der Waals surface area contributed by atoms with Gasteiger partial charge in [0.15, 0.2) is 5.82 Å². The van der Waals surface area contributed by atoms with Crippen LogP contribution in [0.2, 0.25) is 0 Å². The summed E-state index contributed by atoms with van der Waals surface area (Å²) in [6.45, 7) is 2.83. The summed E-state index contributed by atoms with van der Waals surface area (Å²) in [6, 6.07) is 3.63. The molecule has 144 valence electrons. The molecule has 5 rings (SSSR count). The molecule has 0 atom stereocenters. The molecule has 0 bridgehead atoms. The minimum absolute atomic E-state index is 0.465. The van der Waals surface area contributed by atoms with Gasteiger partial charge in [-0.25, -0.2) is 9.67 Å². The van der Waals surface area contributed by atoms with Crippen molar-refractivity contribution in [1.82, 2.24) is 29.7 Å². The first-order valence-electron chi connectivity index (χ1n) is 9.65. The number of ether oxygens (including phenoxy) is 1. The molecule has 3 aromatic heterocycles. The van der Waals surface area contributed by atoms with Crippen LogP contribution < -0.4 is 10.6 Å². The van der Waals surface area contributed by atoms with Gasteiger partial charge in [-0.3, -0.25) is 0 Å². The summed E-state index contributed by atoms with van der Waals surface area (Å²) in [5.41, 5.74) is 9.02. The molecule has 28 heavy (non-hydrogen) atoms. The number of aryl methyl sites for hydroxylation is 1. The molecule has 0 aromatic carbocycles. The van der Waals surface area contributed by atoms with Crippen LogP contribution in [0.5, 0.6) is 0 Å². The van der Waals surface area contributed by atoms with Crippen LogP contribution in [0.4, 0.5) is 11.8 Å². The Labute approximate surface area is 162 Å². The number of hydrogen-bond donors (Lipinski definition) is 1. The third kappa shape index (κ3) is 3.18. The number of morpholine rings is 1. The zero-order valence-electron chi connectivity index (χ0n) is 15.6. The van der Waals surface area contributed by atoms with E-state index in [1.165, 1.54) is 17.7 Å². The monoisotopic (exact) mass is 378 g/mol. The average molecular weight is 378 g/mol. The quantitative estimate of drug-likeness (QED) is 0.729. The number of rotatable bonds is 3. The Morgan fingerprint density at radius 3 is 2.57 bits per heavy atom. The number of nitrogen functional groups attached to an aromatic ring is 1. The van der Waals surface area contributed by atoms with Gasteiger partial charge in [0.2, 0.25) is 5.95 Å². The zero-order valence-corrected chi connectivity index (χ0v) is 15.6. The van der Waals surface area contributed by atoms with Gasteiger partial charge in [-0.15, -0.1) is 0 Å². The Kier molecular flexibility index (Phi) is 4.36. The summed E-state index contributed by atoms with van der Waals surface area (Å²) in [4.78, 5) is 20.5. The molecule has 0 amide bonds. The Balaban J connectivity index is 1.62. The molecule has 9 nitrogen and oxygen atoms in total. The lowest BCUT2D eigenvalue weighted by Crippen LogP contribution is -2.37. The van der Waals surface area contributed by atoms with Gasteiger partial charge >= 0.3 is 0 Å². The molecule has 0 spiro atoms. The third-order valence-corrected chi connectivity index (χ3v) is 5.20. The third-order valence-electron chi connectivity index (χ3n) is 5.20. The summed E-state index contributed by atoms with van der Waals surface area (Å²) in [7, 11) is 0. The van der Waals surface area contributed by atoms with Crippen molar-refractivity contribution in [3.05, 3.63) is 35.8 Å². The van der Waals surface area contributed by atoms with Crippen LogP contribution in [-0.4, -0.2) is 56.0 Å². The number of hydrogen-bond acceptors (Lipinski definition) is 8. The summed E-state index contributed by atoms with van der Waals surface area (Å²) >= 11 is 0. The van der Waals surface area contributed by atoms with Gasteiger partial charge < -0.3 is 15.4 Å². The minimum Gasteiger partial charge on any atom is -0.384 e. The molecule has 1 saturated heterocycles. The summed E-state index contributed by atoms with van der Waals surface area (Å²) < 4.78 is 7.34. The smallest absolute Gasteiger partial charge is 0.256 e. The van der Waals surface area contributed by atoms with Crippen LogP contribution in [0.25, 0.3) is 17.3 Å². The highest BCUT2D eigenvalue weighted by atomic mass is 16.5. The van der Waals surface area contributed by atoms with E-state index < -0.39 is 0 Å². The van der Waals surface area contributed by atoms with E-state index in [-0.39, 0.29) is 0 Å². The van der Waals surface area contributed by atoms with Gasteiger partial charge in [0, 0.05) is 24.8 Å². The van der Waals surface area contributed by atoms with Crippen LogP contribution in [0.15, 0.2) is 24.5 Å². The fraction of sp³-hybridized carbons (Fsp3) is 0.421. The highest BCUT2D eigenvalue weighted by Crippen LogP contribution is 2.25. The first-order valence-corrected chi connectivity index (χ1v) is 9.65. The molecule has 4 heterocycles. The summed E-state index contributed by atoms with van der Waals surface area (Å²) in [6.07, 6.45) is 8.05. The maximum atomic E-state index is 5.73. The second kappa shape index (κ2) is 7.16. The normalized spacial score (nSPS) is 16.8. The van der Waals surface area contributed by atoms with E-state index in [0.29, 0.717) is 36.8 Å². The lowest BCUT2D eigenvalue weighted by Gasteiger charge is -2.27. The van der Waals surface area contributed by atoms with Crippen molar-refractivity contribution < 1.29 is 4.74 Å². The topological polar surface area (TPSA) is 108 Å². The Morgan fingerprint density at radius 2 is 1.75 bits per heavy atom. The highest BCUT2D eigenvalue weighted by molar-refractivity contribution is 5.57. The molecule has 1 fully saturated rings. The van der Waals surface area contributed by atoms with Crippen molar-refractivity contribution in [3.8, 4) is 17.3 Å². The van der Waals surface area contributed by atoms with Crippen LogP contribution in [-0.2, 0) is 17.6 Å². The Bertz CT molecular complexity index is 978. The average Bonchev–Trinajstić information content (AvgIpc) is 3.19. The first-order chi connectivity index (χ1) is 13.8. The maximum Gasteiger partial charge on any atom is 0.256 e. The molecule has 2 N–H and O–H groups in total. The molecule has 2 aliphatic rings. The van der Waals surface area contributed by atoms with Crippen molar-refractivity contribution in [2.45, 2.75) is 25.7 Å². The molecule has 0 unspecified atom stereocenters. The molecular formula is C19H22N8O. The lowest BCUT2D eigenvalue weighted by atomic mass is 9.98. The fourth-order valence-corrected chi connectivity index (χ4v) is 3.68. The molecule has 1 aliphatic carbocycles. The molecule has 3 aromatic rings. The molecule has 0 radical (unpaired) electrons. The van der Waals surface area contributed by atoms with E-state index in [4.69, 9.17) is 25.4 Å². The molecule has 9 heteroatoms. The fourth-order valence-electron chi connectivity index (χ4n) is 3.68. The van der Waals surface area contributed by atoms with Gasteiger partial charge in [0.25, 0.3) is 5.95 Å². The SMILES string of the molecule is Nc1ccc(-c2nc(N3CCOCC3)nc(-n3ncc4c3CCCC4)n2)cn1. The number of anilines is 2. The highest BCUT2D eigenvalue weighted by Gasteiger charge is 2.22. The predicted octanol–water partition coefficient (Wildman–Crippen LogP) is 1.42. The Hall–Kier alpha value is -3.07. The van der Waals surface area contributed by atoms with Gasteiger partial charge in [-0.2, -0.15) is 20.1 Å². The number of fused-ring (bicyclic) bond motifs is 1. The van der Waals surface area contributed by atoms with Crippen LogP contribution in [0.3, 0.4) is 0 Å². The number of pyridine rings is 1. The van der Waals surface area contributed by atoms with Crippen molar-refractivity contribution in [1.29, 1.82) is 0 Å². The van der Waals surface area contributed by atoms with Crippen LogP contribution in [0.1, 0.15) is 24.1 Å². The van der Waals surface area contributed by atoms with Gasteiger partial charge in [-0.1, -0.05) is 0 Å². The van der Waals surface area contributed by atoms with Crippen LogP contribution >= 0.6 is 0 Å². The second-order valence-electron chi connectivity index (χ2n) is 7.07. The van der Waals surface area contributed by atoms with Crippen LogP contribution in [0, 0.1) is 0 Å². The molecule has 1 aliphatic heterocycles. The summed E-state index contributed by atoms with van der Waals surface area (Å²) in [5.74, 6) is 2.22.